The number of methoxy groups -OCH3 is 1. The number of ether oxygens (including phenoxy) is 1. The van der Waals surface area contributed by atoms with E-state index in [1.807, 2.05) is 42.5 Å². The van der Waals surface area contributed by atoms with E-state index >= 15 is 0 Å². The van der Waals surface area contributed by atoms with Gasteiger partial charge < -0.3 is 16.2 Å². The molecule has 0 fully saturated rings. The van der Waals surface area contributed by atoms with Crippen molar-refractivity contribution in [3.8, 4) is 16.9 Å². The molecular formula is C17H16N2O. The molecule has 20 heavy (non-hydrogen) atoms. The zero-order valence-corrected chi connectivity index (χ0v) is 11.3. The van der Waals surface area contributed by atoms with E-state index in [4.69, 9.17) is 16.2 Å². The van der Waals surface area contributed by atoms with Crippen LogP contribution >= 0.6 is 0 Å². The second-order valence-electron chi connectivity index (χ2n) is 4.74. The number of rotatable bonds is 2. The predicted molar refractivity (Wildman–Crippen MR) is 84.8 cm³/mol. The van der Waals surface area contributed by atoms with Crippen molar-refractivity contribution in [1.29, 1.82) is 0 Å². The number of benzene rings is 3. The Morgan fingerprint density at radius 1 is 0.750 bits per heavy atom. The quantitative estimate of drug-likeness (QED) is 0.694. The summed E-state index contributed by atoms with van der Waals surface area (Å²) in [5, 5.41) is 2.26. The van der Waals surface area contributed by atoms with Crippen LogP contribution in [0.4, 0.5) is 11.4 Å². The van der Waals surface area contributed by atoms with Crippen LogP contribution in [0, 0.1) is 0 Å². The van der Waals surface area contributed by atoms with Gasteiger partial charge in [0.05, 0.1) is 7.11 Å². The normalized spacial score (nSPS) is 10.7. The highest BCUT2D eigenvalue weighted by Gasteiger charge is 2.09. The molecule has 0 heterocycles. The highest BCUT2D eigenvalue weighted by atomic mass is 16.5. The van der Waals surface area contributed by atoms with Gasteiger partial charge in [-0.25, -0.2) is 0 Å². The SMILES string of the molecule is COc1ccc(N)c(-c2cc3ccccc3cc2N)c1. The van der Waals surface area contributed by atoms with Gasteiger partial charge in [-0.2, -0.15) is 0 Å². The van der Waals surface area contributed by atoms with E-state index in [0.717, 1.165) is 27.6 Å². The third-order valence-electron chi connectivity index (χ3n) is 3.47. The number of hydrogen-bond donors (Lipinski definition) is 2. The summed E-state index contributed by atoms with van der Waals surface area (Å²) in [5.74, 6) is 0.766. The summed E-state index contributed by atoms with van der Waals surface area (Å²) in [6, 6.07) is 17.8. The Balaban J connectivity index is 2.26. The number of anilines is 2. The topological polar surface area (TPSA) is 61.3 Å². The van der Waals surface area contributed by atoms with Gasteiger partial charge in [-0.15, -0.1) is 0 Å². The largest absolute Gasteiger partial charge is 0.497 e. The van der Waals surface area contributed by atoms with E-state index in [1.54, 1.807) is 7.11 Å². The molecule has 0 aliphatic heterocycles. The maximum Gasteiger partial charge on any atom is 0.119 e. The molecule has 0 radical (unpaired) electrons. The van der Waals surface area contributed by atoms with Crippen molar-refractivity contribution < 1.29 is 4.74 Å². The van der Waals surface area contributed by atoms with Gasteiger partial charge in [0, 0.05) is 22.5 Å². The van der Waals surface area contributed by atoms with Crippen molar-refractivity contribution in [3.63, 3.8) is 0 Å². The monoisotopic (exact) mass is 264 g/mol. The van der Waals surface area contributed by atoms with Crippen LogP contribution in [-0.4, -0.2) is 7.11 Å². The summed E-state index contributed by atoms with van der Waals surface area (Å²) in [6.07, 6.45) is 0. The van der Waals surface area contributed by atoms with E-state index in [9.17, 15) is 0 Å². The summed E-state index contributed by atoms with van der Waals surface area (Å²) in [6.45, 7) is 0. The zero-order chi connectivity index (χ0) is 14.1. The summed E-state index contributed by atoms with van der Waals surface area (Å²) in [4.78, 5) is 0. The molecule has 3 nitrogen and oxygen atoms in total. The minimum absolute atomic E-state index is 0.688. The van der Waals surface area contributed by atoms with E-state index in [2.05, 4.69) is 12.1 Å². The van der Waals surface area contributed by atoms with Crippen LogP contribution in [0.2, 0.25) is 0 Å². The molecule has 0 aliphatic rings. The summed E-state index contributed by atoms with van der Waals surface area (Å²) >= 11 is 0. The first-order chi connectivity index (χ1) is 9.69. The fourth-order valence-corrected chi connectivity index (χ4v) is 2.39. The van der Waals surface area contributed by atoms with Crippen molar-refractivity contribution in [3.05, 3.63) is 54.6 Å². The Morgan fingerprint density at radius 2 is 1.40 bits per heavy atom. The molecule has 0 amide bonds. The average molecular weight is 264 g/mol. The highest BCUT2D eigenvalue weighted by Crippen LogP contribution is 2.36. The second kappa shape index (κ2) is 4.78. The summed E-state index contributed by atoms with van der Waals surface area (Å²) < 4.78 is 5.26. The smallest absolute Gasteiger partial charge is 0.119 e. The predicted octanol–water partition coefficient (Wildman–Crippen LogP) is 3.68. The van der Waals surface area contributed by atoms with Crippen molar-refractivity contribution in [1.82, 2.24) is 0 Å². The number of fused-ring (bicyclic) bond motifs is 1. The summed E-state index contributed by atoms with van der Waals surface area (Å²) in [5.41, 5.74) is 15.5. The van der Waals surface area contributed by atoms with Crippen molar-refractivity contribution in [2.75, 3.05) is 18.6 Å². The van der Waals surface area contributed by atoms with Crippen molar-refractivity contribution in [2.24, 2.45) is 0 Å². The Labute approximate surface area is 117 Å². The molecule has 0 saturated heterocycles. The van der Waals surface area contributed by atoms with Crippen LogP contribution in [0.5, 0.6) is 5.75 Å². The van der Waals surface area contributed by atoms with Gasteiger partial charge >= 0.3 is 0 Å². The zero-order valence-electron chi connectivity index (χ0n) is 11.3. The van der Waals surface area contributed by atoms with Gasteiger partial charge in [-0.1, -0.05) is 24.3 Å². The van der Waals surface area contributed by atoms with Crippen molar-refractivity contribution in [2.45, 2.75) is 0 Å². The maximum absolute atomic E-state index is 6.18. The molecule has 0 spiro atoms. The molecule has 3 aromatic rings. The van der Waals surface area contributed by atoms with E-state index in [-0.39, 0.29) is 0 Å². The molecule has 0 bridgehead atoms. The van der Waals surface area contributed by atoms with Gasteiger partial charge in [0.2, 0.25) is 0 Å². The molecule has 0 aromatic heterocycles. The van der Waals surface area contributed by atoms with Crippen LogP contribution in [0.1, 0.15) is 0 Å². The first-order valence-electron chi connectivity index (χ1n) is 6.41. The molecule has 0 unspecified atom stereocenters. The fraction of sp³-hybridized carbons (Fsp3) is 0.0588. The van der Waals surface area contributed by atoms with E-state index in [1.165, 1.54) is 0 Å². The second-order valence-corrected chi connectivity index (χ2v) is 4.74. The third-order valence-corrected chi connectivity index (χ3v) is 3.47. The van der Waals surface area contributed by atoms with Crippen LogP contribution in [0.3, 0.4) is 0 Å². The Morgan fingerprint density at radius 3 is 2.10 bits per heavy atom. The van der Waals surface area contributed by atoms with Gasteiger partial charge in [0.15, 0.2) is 0 Å². The maximum atomic E-state index is 6.18. The molecule has 0 atom stereocenters. The van der Waals surface area contributed by atoms with E-state index in [0.29, 0.717) is 11.4 Å². The standard InChI is InChI=1S/C17H16N2O/c1-20-13-6-7-16(18)15(10-13)14-8-11-4-2-3-5-12(11)9-17(14)19/h2-10H,18-19H2,1H3. The van der Waals surface area contributed by atoms with Gasteiger partial charge in [0.1, 0.15) is 5.75 Å². The first-order valence-corrected chi connectivity index (χ1v) is 6.41. The molecule has 0 aliphatic carbocycles. The number of nitrogen functional groups attached to an aromatic ring is 2. The molecule has 3 rings (SSSR count). The lowest BCUT2D eigenvalue weighted by Crippen LogP contribution is -1.96. The lowest BCUT2D eigenvalue weighted by Gasteiger charge is -2.12. The van der Waals surface area contributed by atoms with Gasteiger partial charge in [0.25, 0.3) is 0 Å². The first kappa shape index (κ1) is 12.4. The number of nitrogens with two attached hydrogens (primary N) is 2. The van der Waals surface area contributed by atoms with Crippen LogP contribution < -0.4 is 16.2 Å². The molecular weight excluding hydrogens is 248 g/mol. The Kier molecular flexibility index (Phi) is 2.95. The lowest BCUT2D eigenvalue weighted by molar-refractivity contribution is 0.415. The Hall–Kier alpha value is -2.68. The Bertz CT molecular complexity index is 781. The van der Waals surface area contributed by atoms with Gasteiger partial charge in [-0.3, -0.25) is 0 Å². The molecule has 3 aromatic carbocycles. The molecule has 4 N–H and O–H groups in total. The van der Waals surface area contributed by atoms with Gasteiger partial charge in [-0.05, 0) is 41.1 Å². The van der Waals surface area contributed by atoms with Crippen molar-refractivity contribution >= 4 is 22.1 Å². The average Bonchev–Trinajstić information content (AvgIpc) is 2.47. The third kappa shape index (κ3) is 2.03. The number of hydrogen-bond acceptors (Lipinski definition) is 3. The van der Waals surface area contributed by atoms with Crippen LogP contribution in [0.15, 0.2) is 54.6 Å². The summed E-state index contributed by atoms with van der Waals surface area (Å²) in [7, 11) is 1.64. The van der Waals surface area contributed by atoms with Crippen LogP contribution in [-0.2, 0) is 0 Å². The molecule has 0 saturated carbocycles. The molecule has 100 valence electrons. The minimum Gasteiger partial charge on any atom is -0.497 e. The molecule has 3 heteroatoms. The fourth-order valence-electron chi connectivity index (χ4n) is 2.39. The minimum atomic E-state index is 0.688. The lowest BCUT2D eigenvalue weighted by atomic mass is 9.98. The highest BCUT2D eigenvalue weighted by molar-refractivity contribution is 5.96. The van der Waals surface area contributed by atoms with E-state index < -0.39 is 0 Å². The van der Waals surface area contributed by atoms with Crippen LogP contribution in [0.25, 0.3) is 21.9 Å².